The maximum absolute atomic E-state index is 13.2. The van der Waals surface area contributed by atoms with Crippen molar-refractivity contribution in [3.63, 3.8) is 0 Å². The summed E-state index contributed by atoms with van der Waals surface area (Å²) in [6, 6.07) is 10.7. The first-order valence-electron chi connectivity index (χ1n) is 12.2. The van der Waals surface area contributed by atoms with Crippen molar-refractivity contribution in [1.82, 2.24) is 10.2 Å². The van der Waals surface area contributed by atoms with Gasteiger partial charge in [-0.1, -0.05) is 37.1 Å². The highest BCUT2D eigenvalue weighted by atomic mass is 35.5. The minimum Gasteiger partial charge on any atom is -0.493 e. The first kappa shape index (κ1) is 27.2. The van der Waals surface area contributed by atoms with Crippen LogP contribution in [0.1, 0.15) is 59.7 Å². The SMILES string of the molecule is CCCCN(C(=N)SC(=N)c1cc(C)c(OCC2CCNCC2)c(C)c1)C(=O)c1ccccc1Cl. The zero-order valence-electron chi connectivity index (χ0n) is 20.7. The van der Waals surface area contributed by atoms with Gasteiger partial charge in [-0.3, -0.25) is 20.5 Å². The van der Waals surface area contributed by atoms with Gasteiger partial charge in [0.2, 0.25) is 0 Å². The number of hydrogen-bond donors (Lipinski definition) is 3. The van der Waals surface area contributed by atoms with Crippen LogP contribution in [0.15, 0.2) is 36.4 Å². The number of nitrogens with one attached hydrogen (secondary N) is 3. The van der Waals surface area contributed by atoms with E-state index in [1.807, 2.05) is 32.9 Å². The molecule has 0 aromatic heterocycles. The summed E-state index contributed by atoms with van der Waals surface area (Å²) < 4.78 is 6.18. The molecule has 1 saturated heterocycles. The molecule has 0 atom stereocenters. The molecule has 2 aromatic rings. The Labute approximate surface area is 217 Å². The molecule has 1 aliphatic rings. The second-order valence-corrected chi connectivity index (χ2v) is 10.4. The van der Waals surface area contributed by atoms with Gasteiger partial charge in [0.25, 0.3) is 5.91 Å². The summed E-state index contributed by atoms with van der Waals surface area (Å²) in [5.41, 5.74) is 3.02. The predicted molar refractivity (Wildman–Crippen MR) is 147 cm³/mol. The van der Waals surface area contributed by atoms with Gasteiger partial charge >= 0.3 is 0 Å². The molecule has 0 unspecified atom stereocenters. The number of piperidine rings is 1. The summed E-state index contributed by atoms with van der Waals surface area (Å²) in [4.78, 5) is 14.6. The average Bonchev–Trinajstić information content (AvgIpc) is 2.84. The maximum Gasteiger partial charge on any atom is 0.261 e. The molecule has 0 spiro atoms. The molecule has 0 saturated carbocycles. The van der Waals surface area contributed by atoms with Crippen molar-refractivity contribution in [1.29, 1.82) is 10.8 Å². The van der Waals surface area contributed by atoms with Crippen molar-refractivity contribution in [3.8, 4) is 5.75 Å². The van der Waals surface area contributed by atoms with Crippen LogP contribution in [0.4, 0.5) is 0 Å². The molecule has 1 aliphatic heterocycles. The van der Waals surface area contributed by atoms with Crippen LogP contribution in [-0.2, 0) is 0 Å². The number of carbonyl (C=O) groups is 1. The van der Waals surface area contributed by atoms with Gasteiger partial charge in [-0.15, -0.1) is 0 Å². The number of benzene rings is 2. The molecule has 0 radical (unpaired) electrons. The van der Waals surface area contributed by atoms with Crippen LogP contribution in [0.5, 0.6) is 5.75 Å². The van der Waals surface area contributed by atoms with Crippen molar-refractivity contribution >= 4 is 39.5 Å². The number of rotatable bonds is 8. The Kier molecular flexibility index (Phi) is 10.2. The normalized spacial score (nSPS) is 13.9. The number of halogens is 1. The van der Waals surface area contributed by atoms with Gasteiger partial charge in [0, 0.05) is 12.1 Å². The Bertz CT molecular complexity index is 1050. The first-order valence-corrected chi connectivity index (χ1v) is 13.4. The van der Waals surface area contributed by atoms with Crippen molar-refractivity contribution in [2.75, 3.05) is 26.2 Å². The third kappa shape index (κ3) is 7.32. The molecular weight excluding hydrogens is 480 g/mol. The minimum absolute atomic E-state index is 0.0231. The lowest BCUT2D eigenvalue weighted by molar-refractivity contribution is 0.0848. The summed E-state index contributed by atoms with van der Waals surface area (Å²) in [7, 11) is 0. The predicted octanol–water partition coefficient (Wildman–Crippen LogP) is 6.27. The lowest BCUT2D eigenvalue weighted by atomic mass is 9.99. The number of nitrogens with zero attached hydrogens (tertiary/aromatic N) is 1. The summed E-state index contributed by atoms with van der Waals surface area (Å²) >= 11 is 7.23. The van der Waals surface area contributed by atoms with Crippen LogP contribution in [-0.4, -0.2) is 47.3 Å². The molecule has 2 aromatic carbocycles. The first-order chi connectivity index (χ1) is 16.8. The van der Waals surface area contributed by atoms with Gasteiger partial charge in [0.05, 0.1) is 17.2 Å². The van der Waals surface area contributed by atoms with E-state index in [9.17, 15) is 4.79 Å². The minimum atomic E-state index is -0.316. The Hall–Kier alpha value is -2.35. The fourth-order valence-electron chi connectivity index (χ4n) is 4.16. The molecule has 1 heterocycles. The van der Waals surface area contributed by atoms with Gasteiger partial charge in [0.1, 0.15) is 10.8 Å². The summed E-state index contributed by atoms with van der Waals surface area (Å²) in [6.45, 7) is 9.21. The number of unbranched alkanes of at least 4 members (excludes halogenated alkanes) is 1. The molecule has 1 fully saturated rings. The van der Waals surface area contributed by atoms with Crippen molar-refractivity contribution in [2.24, 2.45) is 5.92 Å². The fraction of sp³-hybridized carbons (Fsp3) is 0.444. The highest BCUT2D eigenvalue weighted by Crippen LogP contribution is 2.29. The molecule has 3 N–H and O–H groups in total. The van der Waals surface area contributed by atoms with Crippen LogP contribution in [0.25, 0.3) is 0 Å². The van der Waals surface area contributed by atoms with Crippen LogP contribution < -0.4 is 10.1 Å². The van der Waals surface area contributed by atoms with Crippen molar-refractivity contribution < 1.29 is 9.53 Å². The molecule has 0 aliphatic carbocycles. The standard InChI is InChI=1S/C27H35ClN4O2S/c1-4-5-14-32(26(33)22-8-6-7-9-23(22)28)27(30)35-25(29)21-15-18(2)24(19(3)16-21)34-17-20-10-12-31-13-11-20/h6-9,15-16,20,29-31H,4-5,10-14,17H2,1-3H3. The van der Waals surface area contributed by atoms with E-state index in [4.69, 9.17) is 27.2 Å². The van der Waals surface area contributed by atoms with Crippen LogP contribution in [0.2, 0.25) is 5.02 Å². The quantitative estimate of drug-likeness (QED) is 0.286. The molecule has 6 nitrogen and oxygen atoms in total. The summed E-state index contributed by atoms with van der Waals surface area (Å²) in [6.07, 6.45) is 3.90. The topological polar surface area (TPSA) is 89.3 Å². The van der Waals surface area contributed by atoms with Gasteiger partial charge in [0.15, 0.2) is 5.17 Å². The summed E-state index contributed by atoms with van der Waals surface area (Å²) in [5, 5.41) is 21.3. The largest absolute Gasteiger partial charge is 0.493 e. The Morgan fingerprint density at radius 3 is 2.46 bits per heavy atom. The van der Waals surface area contributed by atoms with Crippen molar-refractivity contribution in [3.05, 3.63) is 63.7 Å². The highest BCUT2D eigenvalue weighted by molar-refractivity contribution is 8.26. The van der Waals surface area contributed by atoms with Gasteiger partial charge in [-0.05, 0) is 99.3 Å². The average molecular weight is 515 g/mol. The molecule has 0 bridgehead atoms. The molecule has 1 amide bonds. The zero-order chi connectivity index (χ0) is 25.4. The van der Waals surface area contributed by atoms with E-state index in [1.54, 1.807) is 24.3 Å². The van der Waals surface area contributed by atoms with Crippen LogP contribution >= 0.6 is 23.4 Å². The second kappa shape index (κ2) is 13.1. The van der Waals surface area contributed by atoms with E-state index < -0.39 is 0 Å². The fourth-order valence-corrected chi connectivity index (χ4v) is 5.09. The van der Waals surface area contributed by atoms with Gasteiger partial charge in [-0.2, -0.15) is 0 Å². The van der Waals surface area contributed by atoms with E-state index in [0.717, 1.165) is 67.4 Å². The lowest BCUT2D eigenvalue weighted by Crippen LogP contribution is -2.36. The van der Waals surface area contributed by atoms with E-state index >= 15 is 0 Å². The number of carbonyl (C=O) groups excluding carboxylic acids is 1. The van der Waals surface area contributed by atoms with Crippen molar-refractivity contribution in [2.45, 2.75) is 46.5 Å². The summed E-state index contributed by atoms with van der Waals surface area (Å²) in [5.74, 6) is 1.12. The molecule has 188 valence electrons. The van der Waals surface area contributed by atoms with Crippen LogP contribution in [0, 0.1) is 30.6 Å². The number of aryl methyl sites for hydroxylation is 2. The highest BCUT2D eigenvalue weighted by Gasteiger charge is 2.24. The zero-order valence-corrected chi connectivity index (χ0v) is 22.3. The van der Waals surface area contributed by atoms with Gasteiger partial charge < -0.3 is 10.1 Å². The molecule has 8 heteroatoms. The maximum atomic E-state index is 13.2. The van der Waals surface area contributed by atoms with E-state index in [-0.39, 0.29) is 16.1 Å². The Morgan fingerprint density at radius 2 is 1.83 bits per heavy atom. The van der Waals surface area contributed by atoms with Gasteiger partial charge in [-0.25, -0.2) is 0 Å². The molecular formula is C27H35ClN4O2S. The lowest BCUT2D eigenvalue weighted by Gasteiger charge is -2.24. The number of amides is 1. The second-order valence-electron chi connectivity index (χ2n) is 8.97. The third-order valence-electron chi connectivity index (χ3n) is 6.17. The Balaban J connectivity index is 1.71. The molecule has 3 rings (SSSR count). The monoisotopic (exact) mass is 514 g/mol. The molecule has 35 heavy (non-hydrogen) atoms. The van der Waals surface area contributed by atoms with E-state index in [1.165, 1.54) is 4.90 Å². The number of hydrogen-bond acceptors (Lipinski definition) is 6. The third-order valence-corrected chi connectivity index (χ3v) is 7.36. The van der Waals surface area contributed by atoms with E-state index in [0.29, 0.717) is 35.2 Å². The number of amidine groups is 1. The van der Waals surface area contributed by atoms with Crippen LogP contribution in [0.3, 0.4) is 0 Å². The Morgan fingerprint density at radius 1 is 1.17 bits per heavy atom. The number of thioether (sulfide) groups is 1. The number of ether oxygens (including phenoxy) is 1. The van der Waals surface area contributed by atoms with E-state index in [2.05, 4.69) is 5.32 Å². The smallest absolute Gasteiger partial charge is 0.261 e.